The van der Waals surface area contributed by atoms with Crippen LogP contribution in [-0.2, 0) is 28.6 Å². The molecule has 0 aromatic carbocycles. The predicted molar refractivity (Wildman–Crippen MR) is 91.5 cm³/mol. The lowest BCUT2D eigenvalue weighted by Crippen LogP contribution is -2.29. The standard InChI is InChI=1S/C18H27NO6/c1-18(2,3)25-17(22)15(13-8-7-11-19(13)4)12(16(21)24-6)9-10-14(20)23-5/h9H,7-8,10-11H2,1-6H3/b12-9-,15-13-. The minimum absolute atomic E-state index is 0.0194. The van der Waals surface area contributed by atoms with E-state index in [0.29, 0.717) is 12.1 Å². The number of ether oxygens (including phenoxy) is 3. The van der Waals surface area contributed by atoms with E-state index in [0.717, 1.165) is 13.0 Å². The van der Waals surface area contributed by atoms with E-state index in [1.807, 2.05) is 11.9 Å². The highest BCUT2D eigenvalue weighted by molar-refractivity contribution is 6.07. The zero-order chi connectivity index (χ0) is 19.2. The fourth-order valence-electron chi connectivity index (χ4n) is 2.50. The lowest BCUT2D eigenvalue weighted by molar-refractivity contribution is -0.150. The van der Waals surface area contributed by atoms with Gasteiger partial charge in [-0.15, -0.1) is 0 Å². The zero-order valence-corrected chi connectivity index (χ0v) is 15.8. The Bertz CT molecular complexity index is 597. The van der Waals surface area contributed by atoms with Crippen LogP contribution in [0.15, 0.2) is 22.9 Å². The van der Waals surface area contributed by atoms with Gasteiger partial charge in [-0.2, -0.15) is 0 Å². The van der Waals surface area contributed by atoms with Gasteiger partial charge in [0.15, 0.2) is 0 Å². The third-order valence-electron chi connectivity index (χ3n) is 3.63. The number of esters is 3. The Balaban J connectivity index is 3.42. The molecule has 140 valence electrons. The largest absolute Gasteiger partial charge is 0.469 e. The molecule has 0 amide bonds. The number of likely N-dealkylation sites (tertiary alicyclic amines) is 1. The van der Waals surface area contributed by atoms with Crippen molar-refractivity contribution in [3.05, 3.63) is 22.9 Å². The summed E-state index contributed by atoms with van der Waals surface area (Å²) in [4.78, 5) is 38.5. The molecule has 0 aliphatic carbocycles. The van der Waals surface area contributed by atoms with Crippen molar-refractivity contribution in [1.29, 1.82) is 0 Å². The van der Waals surface area contributed by atoms with E-state index in [1.54, 1.807) is 20.8 Å². The second-order valence-electron chi connectivity index (χ2n) is 6.74. The van der Waals surface area contributed by atoms with Crippen LogP contribution in [-0.4, -0.2) is 56.2 Å². The summed E-state index contributed by atoms with van der Waals surface area (Å²) >= 11 is 0. The first-order chi connectivity index (χ1) is 11.6. The molecular weight excluding hydrogens is 326 g/mol. The molecule has 0 unspecified atom stereocenters. The van der Waals surface area contributed by atoms with Gasteiger partial charge in [0.05, 0.1) is 31.8 Å². The zero-order valence-electron chi connectivity index (χ0n) is 15.8. The second kappa shape index (κ2) is 8.69. The fourth-order valence-corrected chi connectivity index (χ4v) is 2.50. The monoisotopic (exact) mass is 353 g/mol. The molecule has 0 N–H and O–H groups in total. The number of hydrogen-bond acceptors (Lipinski definition) is 7. The molecule has 0 bridgehead atoms. The number of nitrogens with zero attached hydrogens (tertiary/aromatic N) is 1. The van der Waals surface area contributed by atoms with Crippen molar-refractivity contribution in [3.63, 3.8) is 0 Å². The normalized spacial score (nSPS) is 17.2. The number of methoxy groups -OCH3 is 2. The van der Waals surface area contributed by atoms with Gasteiger partial charge in [0.25, 0.3) is 0 Å². The van der Waals surface area contributed by atoms with Gasteiger partial charge in [0.1, 0.15) is 5.60 Å². The molecule has 1 heterocycles. The van der Waals surface area contributed by atoms with Crippen LogP contribution < -0.4 is 0 Å². The van der Waals surface area contributed by atoms with Crippen LogP contribution in [0.25, 0.3) is 0 Å². The average molecular weight is 353 g/mol. The van der Waals surface area contributed by atoms with Crippen LogP contribution in [0, 0.1) is 0 Å². The van der Waals surface area contributed by atoms with Crippen LogP contribution in [0.1, 0.15) is 40.0 Å². The first kappa shape index (κ1) is 20.7. The summed E-state index contributed by atoms with van der Waals surface area (Å²) in [6, 6.07) is 0. The first-order valence-corrected chi connectivity index (χ1v) is 8.14. The van der Waals surface area contributed by atoms with Gasteiger partial charge < -0.3 is 19.1 Å². The van der Waals surface area contributed by atoms with Crippen molar-refractivity contribution in [1.82, 2.24) is 4.90 Å². The molecule has 1 rings (SSSR count). The molecule has 0 radical (unpaired) electrons. The third kappa shape index (κ3) is 5.92. The molecule has 0 saturated carbocycles. The Morgan fingerprint density at radius 1 is 1.12 bits per heavy atom. The molecule has 7 nitrogen and oxygen atoms in total. The van der Waals surface area contributed by atoms with E-state index in [4.69, 9.17) is 9.47 Å². The minimum atomic E-state index is -0.719. The maximum Gasteiger partial charge on any atom is 0.341 e. The van der Waals surface area contributed by atoms with Crippen molar-refractivity contribution in [3.8, 4) is 0 Å². The van der Waals surface area contributed by atoms with Crippen LogP contribution in [0.3, 0.4) is 0 Å². The van der Waals surface area contributed by atoms with Crippen molar-refractivity contribution in [2.75, 3.05) is 27.8 Å². The highest BCUT2D eigenvalue weighted by Gasteiger charge is 2.32. The summed E-state index contributed by atoms with van der Waals surface area (Å²) in [5, 5.41) is 0. The molecule has 0 atom stereocenters. The molecule has 25 heavy (non-hydrogen) atoms. The highest BCUT2D eigenvalue weighted by atomic mass is 16.6. The fraction of sp³-hybridized carbons (Fsp3) is 0.611. The second-order valence-corrected chi connectivity index (χ2v) is 6.74. The molecule has 0 spiro atoms. The summed E-state index contributed by atoms with van der Waals surface area (Å²) in [6.45, 7) is 6.03. The number of hydrogen-bond donors (Lipinski definition) is 0. The van der Waals surface area contributed by atoms with Gasteiger partial charge in [-0.1, -0.05) is 6.08 Å². The van der Waals surface area contributed by atoms with E-state index >= 15 is 0 Å². The van der Waals surface area contributed by atoms with Crippen molar-refractivity contribution in [2.24, 2.45) is 0 Å². The molecule has 7 heteroatoms. The molecule has 1 saturated heterocycles. The summed E-state index contributed by atoms with van der Waals surface area (Å²) in [5.74, 6) is -1.83. The maximum atomic E-state index is 12.8. The topological polar surface area (TPSA) is 82.1 Å². The van der Waals surface area contributed by atoms with E-state index in [-0.39, 0.29) is 17.6 Å². The lowest BCUT2D eigenvalue weighted by Gasteiger charge is -2.24. The Morgan fingerprint density at radius 2 is 1.76 bits per heavy atom. The predicted octanol–water partition coefficient (Wildman–Crippen LogP) is 1.97. The SMILES string of the molecule is COC(=O)C/C=C(C(=O)OC)/C(C(=O)OC(C)(C)C)=C1\CCCN1C. The van der Waals surface area contributed by atoms with Crippen molar-refractivity contribution >= 4 is 17.9 Å². The van der Waals surface area contributed by atoms with Crippen LogP contribution in [0.2, 0.25) is 0 Å². The average Bonchev–Trinajstić information content (AvgIpc) is 2.93. The van der Waals surface area contributed by atoms with E-state index in [9.17, 15) is 14.4 Å². The Labute approximate surface area is 148 Å². The van der Waals surface area contributed by atoms with Crippen molar-refractivity contribution in [2.45, 2.75) is 45.6 Å². The molecular formula is C18H27NO6. The van der Waals surface area contributed by atoms with Crippen LogP contribution in [0.4, 0.5) is 0 Å². The lowest BCUT2D eigenvalue weighted by atomic mass is 10.0. The molecule has 1 fully saturated rings. The third-order valence-corrected chi connectivity index (χ3v) is 3.63. The summed E-state index contributed by atoms with van der Waals surface area (Å²) in [5.41, 5.74) is 0.149. The molecule has 1 aliphatic heterocycles. The van der Waals surface area contributed by atoms with Gasteiger partial charge in [-0.05, 0) is 33.6 Å². The van der Waals surface area contributed by atoms with E-state index in [1.165, 1.54) is 20.3 Å². The first-order valence-electron chi connectivity index (χ1n) is 8.14. The molecule has 1 aliphatic rings. The Kier molecular flexibility index (Phi) is 7.21. The van der Waals surface area contributed by atoms with Gasteiger partial charge in [0.2, 0.25) is 0 Å². The number of carbonyl (C=O) groups excluding carboxylic acids is 3. The number of allylic oxidation sites excluding steroid dienone is 1. The Hall–Kier alpha value is -2.31. The molecule has 0 aromatic rings. The highest BCUT2D eigenvalue weighted by Crippen LogP contribution is 2.29. The smallest absolute Gasteiger partial charge is 0.341 e. The maximum absolute atomic E-state index is 12.8. The van der Waals surface area contributed by atoms with Gasteiger partial charge in [-0.25, -0.2) is 9.59 Å². The summed E-state index contributed by atoms with van der Waals surface area (Å²) in [6.07, 6.45) is 2.71. The number of carbonyl (C=O) groups is 3. The van der Waals surface area contributed by atoms with Gasteiger partial charge in [0, 0.05) is 19.3 Å². The quantitative estimate of drug-likeness (QED) is 0.424. The Morgan fingerprint density at radius 3 is 2.20 bits per heavy atom. The van der Waals surface area contributed by atoms with E-state index in [2.05, 4.69) is 4.74 Å². The molecule has 0 aromatic heterocycles. The van der Waals surface area contributed by atoms with Crippen LogP contribution >= 0.6 is 0 Å². The van der Waals surface area contributed by atoms with Gasteiger partial charge in [-0.3, -0.25) is 4.79 Å². The number of rotatable bonds is 5. The van der Waals surface area contributed by atoms with Gasteiger partial charge >= 0.3 is 17.9 Å². The van der Waals surface area contributed by atoms with Crippen molar-refractivity contribution < 1.29 is 28.6 Å². The summed E-state index contributed by atoms with van der Waals surface area (Å²) < 4.78 is 14.9. The van der Waals surface area contributed by atoms with E-state index < -0.39 is 23.5 Å². The summed E-state index contributed by atoms with van der Waals surface area (Å²) in [7, 11) is 4.33. The minimum Gasteiger partial charge on any atom is -0.469 e. The van der Waals surface area contributed by atoms with Crippen LogP contribution in [0.5, 0.6) is 0 Å².